The third-order valence-electron chi connectivity index (χ3n) is 5.29. The van der Waals surface area contributed by atoms with Crippen LogP contribution in [0.3, 0.4) is 0 Å². The molecule has 154 valence electrons. The number of benzene rings is 1. The number of rotatable bonds is 16. The van der Waals surface area contributed by atoms with E-state index in [0.717, 1.165) is 37.9 Å². The van der Waals surface area contributed by atoms with Crippen LogP contribution in [0.2, 0.25) is 0 Å². The number of hydrogen-bond donors (Lipinski definition) is 1. The molecular weight excluding hydrogens is 344 g/mol. The van der Waals surface area contributed by atoms with Gasteiger partial charge in [-0.15, -0.1) is 6.58 Å². The molecule has 0 bridgehead atoms. The molecule has 0 aromatic heterocycles. The van der Waals surface area contributed by atoms with Crippen LogP contribution in [0.25, 0.3) is 0 Å². The molecule has 0 spiro atoms. The molecule has 0 radical (unpaired) electrons. The van der Waals surface area contributed by atoms with Crippen molar-refractivity contribution in [2.75, 3.05) is 6.61 Å². The quantitative estimate of drug-likeness (QED) is 0.252. The van der Waals surface area contributed by atoms with Crippen LogP contribution in [0.1, 0.15) is 69.8 Å². The van der Waals surface area contributed by atoms with Gasteiger partial charge in [-0.05, 0) is 75.0 Å². The van der Waals surface area contributed by atoms with Crippen molar-refractivity contribution >= 4 is 0 Å². The molecule has 2 unspecified atom stereocenters. The van der Waals surface area contributed by atoms with E-state index in [-0.39, 0.29) is 6.10 Å². The van der Waals surface area contributed by atoms with Crippen molar-refractivity contribution in [2.24, 2.45) is 5.92 Å². The third kappa shape index (κ3) is 10.5. The van der Waals surface area contributed by atoms with Gasteiger partial charge in [0.05, 0.1) is 12.7 Å². The molecule has 0 amide bonds. The second-order valence-corrected chi connectivity index (χ2v) is 7.86. The van der Waals surface area contributed by atoms with Gasteiger partial charge in [-0.25, -0.2) is 0 Å². The summed E-state index contributed by atoms with van der Waals surface area (Å²) in [5, 5.41) is 9.35. The standard InChI is InChI=1S/C26H38O2/c1-2-3-4-5-6-7-8-9-10-11-12-13-14-16-23-17-15-18-25(21-23)28-20-19-24-22-26(24)27/h2,4-5,7-8,15,17-18,21,24,26-27H,1,3,6,9-14,16,19-20,22H2/b5-4+,8-7+. The number of ether oxygens (including phenoxy) is 1. The predicted molar refractivity (Wildman–Crippen MR) is 120 cm³/mol. The van der Waals surface area contributed by atoms with Crippen molar-refractivity contribution in [3.8, 4) is 5.75 Å². The molecule has 0 saturated heterocycles. The lowest BCUT2D eigenvalue weighted by molar-refractivity contribution is 0.238. The lowest BCUT2D eigenvalue weighted by atomic mass is 10.0. The summed E-state index contributed by atoms with van der Waals surface area (Å²) in [7, 11) is 0. The van der Waals surface area contributed by atoms with Crippen LogP contribution in [0, 0.1) is 5.92 Å². The molecule has 2 heteroatoms. The van der Waals surface area contributed by atoms with Gasteiger partial charge in [0.1, 0.15) is 5.75 Å². The molecule has 0 heterocycles. The fourth-order valence-corrected chi connectivity index (χ4v) is 3.36. The highest BCUT2D eigenvalue weighted by atomic mass is 16.5. The summed E-state index contributed by atoms with van der Waals surface area (Å²) in [6, 6.07) is 8.51. The SMILES string of the molecule is C=CC/C=C/C/C=C/CCCCCCCc1cccc(OCCC2CC2O)c1. The van der Waals surface area contributed by atoms with Crippen molar-refractivity contribution in [3.05, 3.63) is 66.8 Å². The van der Waals surface area contributed by atoms with Crippen LogP contribution in [0.4, 0.5) is 0 Å². The lowest BCUT2D eigenvalue weighted by Gasteiger charge is -2.08. The van der Waals surface area contributed by atoms with E-state index >= 15 is 0 Å². The number of hydrogen-bond acceptors (Lipinski definition) is 2. The molecule has 2 nitrogen and oxygen atoms in total. The minimum absolute atomic E-state index is 0.0736. The maximum absolute atomic E-state index is 9.35. The Kier molecular flexibility index (Phi) is 11.4. The summed E-state index contributed by atoms with van der Waals surface area (Å²) < 4.78 is 5.84. The predicted octanol–water partition coefficient (Wildman–Crippen LogP) is 6.80. The van der Waals surface area contributed by atoms with Crippen LogP contribution >= 0.6 is 0 Å². The smallest absolute Gasteiger partial charge is 0.119 e. The van der Waals surface area contributed by atoms with Gasteiger partial charge in [0.15, 0.2) is 0 Å². The number of aryl methyl sites for hydroxylation is 1. The maximum atomic E-state index is 9.35. The van der Waals surface area contributed by atoms with Gasteiger partial charge in [0, 0.05) is 0 Å². The van der Waals surface area contributed by atoms with Crippen molar-refractivity contribution in [2.45, 2.75) is 76.7 Å². The Labute approximate surface area is 172 Å². The van der Waals surface area contributed by atoms with Crippen LogP contribution in [0.15, 0.2) is 61.2 Å². The Morgan fingerprint density at radius 3 is 2.57 bits per heavy atom. The van der Waals surface area contributed by atoms with E-state index in [1.165, 1.54) is 44.1 Å². The summed E-state index contributed by atoms with van der Waals surface area (Å²) in [6.45, 7) is 4.42. The third-order valence-corrected chi connectivity index (χ3v) is 5.29. The van der Waals surface area contributed by atoms with Gasteiger partial charge in [-0.1, -0.05) is 61.8 Å². The second kappa shape index (κ2) is 14.2. The summed E-state index contributed by atoms with van der Waals surface area (Å²) in [6.07, 6.45) is 23.6. The fourth-order valence-electron chi connectivity index (χ4n) is 3.36. The monoisotopic (exact) mass is 382 g/mol. The number of aliphatic hydroxyl groups excluding tert-OH is 1. The average Bonchev–Trinajstić information content (AvgIpc) is 3.41. The van der Waals surface area contributed by atoms with E-state index in [4.69, 9.17) is 4.74 Å². The van der Waals surface area contributed by atoms with Gasteiger partial charge in [-0.2, -0.15) is 0 Å². The van der Waals surface area contributed by atoms with Gasteiger partial charge in [0.25, 0.3) is 0 Å². The largest absolute Gasteiger partial charge is 0.494 e. The summed E-state index contributed by atoms with van der Waals surface area (Å²) in [4.78, 5) is 0. The Bertz CT molecular complexity index is 602. The van der Waals surface area contributed by atoms with Crippen LogP contribution in [0.5, 0.6) is 5.75 Å². The Hall–Kier alpha value is -1.80. The molecule has 1 saturated carbocycles. The molecular formula is C26H38O2. The normalized spacial score (nSPS) is 18.8. The van der Waals surface area contributed by atoms with E-state index in [2.05, 4.69) is 49.1 Å². The van der Waals surface area contributed by atoms with Gasteiger partial charge < -0.3 is 9.84 Å². The minimum Gasteiger partial charge on any atom is -0.494 e. The Morgan fingerprint density at radius 2 is 1.75 bits per heavy atom. The zero-order valence-electron chi connectivity index (χ0n) is 17.4. The molecule has 1 fully saturated rings. The van der Waals surface area contributed by atoms with E-state index in [1.807, 2.05) is 12.1 Å². The first-order chi connectivity index (χ1) is 13.8. The molecule has 1 aromatic rings. The number of aliphatic hydroxyl groups is 1. The van der Waals surface area contributed by atoms with Crippen molar-refractivity contribution in [3.63, 3.8) is 0 Å². The highest BCUT2D eigenvalue weighted by Gasteiger charge is 2.34. The minimum atomic E-state index is -0.0736. The topological polar surface area (TPSA) is 29.5 Å². The molecule has 1 aliphatic carbocycles. The molecule has 1 N–H and O–H groups in total. The highest BCUT2D eigenvalue weighted by Crippen LogP contribution is 2.33. The first-order valence-electron chi connectivity index (χ1n) is 11.1. The van der Waals surface area contributed by atoms with Crippen molar-refractivity contribution < 1.29 is 9.84 Å². The van der Waals surface area contributed by atoms with Crippen molar-refractivity contribution in [1.82, 2.24) is 0 Å². The molecule has 28 heavy (non-hydrogen) atoms. The number of allylic oxidation sites excluding steroid dienone is 5. The molecule has 2 rings (SSSR count). The van der Waals surface area contributed by atoms with Crippen LogP contribution < -0.4 is 4.74 Å². The molecule has 0 aliphatic heterocycles. The molecule has 1 aromatic carbocycles. The second-order valence-electron chi connectivity index (χ2n) is 7.86. The molecule has 1 aliphatic rings. The van der Waals surface area contributed by atoms with Crippen LogP contribution in [-0.4, -0.2) is 17.8 Å². The molecule has 2 atom stereocenters. The summed E-state index contributed by atoms with van der Waals surface area (Å²) in [5.74, 6) is 1.44. The van der Waals surface area contributed by atoms with Crippen molar-refractivity contribution in [1.29, 1.82) is 0 Å². The lowest BCUT2D eigenvalue weighted by Crippen LogP contribution is -2.00. The van der Waals surface area contributed by atoms with E-state index in [9.17, 15) is 5.11 Å². The van der Waals surface area contributed by atoms with Gasteiger partial charge in [-0.3, -0.25) is 0 Å². The summed E-state index contributed by atoms with van der Waals surface area (Å²) in [5.41, 5.74) is 1.37. The van der Waals surface area contributed by atoms with E-state index in [0.29, 0.717) is 12.5 Å². The summed E-state index contributed by atoms with van der Waals surface area (Å²) >= 11 is 0. The average molecular weight is 383 g/mol. The fraction of sp³-hybridized carbons (Fsp3) is 0.538. The Balaban J connectivity index is 1.45. The first kappa shape index (κ1) is 22.5. The number of unbranched alkanes of at least 4 members (excludes halogenated alkanes) is 5. The van der Waals surface area contributed by atoms with E-state index in [1.54, 1.807) is 0 Å². The van der Waals surface area contributed by atoms with Gasteiger partial charge in [0.2, 0.25) is 0 Å². The zero-order valence-corrected chi connectivity index (χ0v) is 17.4. The van der Waals surface area contributed by atoms with Gasteiger partial charge >= 0.3 is 0 Å². The maximum Gasteiger partial charge on any atom is 0.119 e. The first-order valence-corrected chi connectivity index (χ1v) is 11.1. The van der Waals surface area contributed by atoms with E-state index < -0.39 is 0 Å². The zero-order chi connectivity index (χ0) is 19.9. The highest BCUT2D eigenvalue weighted by molar-refractivity contribution is 5.28. The van der Waals surface area contributed by atoms with Crippen LogP contribution in [-0.2, 0) is 6.42 Å². The Morgan fingerprint density at radius 1 is 1.00 bits per heavy atom.